The van der Waals surface area contributed by atoms with Crippen LogP contribution in [0.2, 0.25) is 0 Å². The van der Waals surface area contributed by atoms with Gasteiger partial charge < -0.3 is 24.3 Å². The third-order valence-electron chi connectivity index (χ3n) is 3.98. The monoisotopic (exact) mass is 393 g/mol. The van der Waals surface area contributed by atoms with Crippen LogP contribution in [0, 0.1) is 0 Å². The molecule has 9 nitrogen and oxygen atoms in total. The van der Waals surface area contributed by atoms with Crippen LogP contribution >= 0.6 is 0 Å². The molecule has 1 aromatic rings. The van der Waals surface area contributed by atoms with Crippen molar-refractivity contribution >= 4 is 23.8 Å². The van der Waals surface area contributed by atoms with Gasteiger partial charge in [-0.3, -0.25) is 19.2 Å². The topological polar surface area (TPSA) is 117 Å². The molecule has 1 N–H and O–H groups in total. The second-order valence-electron chi connectivity index (χ2n) is 6.27. The van der Waals surface area contributed by atoms with Crippen molar-refractivity contribution in [2.75, 3.05) is 13.2 Å². The van der Waals surface area contributed by atoms with Crippen LogP contribution in [-0.2, 0) is 33.3 Å². The van der Waals surface area contributed by atoms with Crippen LogP contribution in [0.25, 0.3) is 0 Å². The highest BCUT2D eigenvalue weighted by molar-refractivity contribution is 5.94. The number of carbonyl (C=O) groups is 4. The second kappa shape index (κ2) is 9.84. The molecule has 0 aliphatic carbocycles. The van der Waals surface area contributed by atoms with Crippen molar-refractivity contribution in [3.63, 3.8) is 0 Å². The van der Waals surface area contributed by atoms with Crippen LogP contribution in [0.15, 0.2) is 30.3 Å². The molecule has 4 atom stereocenters. The van der Waals surface area contributed by atoms with Gasteiger partial charge in [0.05, 0.1) is 12.6 Å². The first-order valence-corrected chi connectivity index (χ1v) is 8.73. The number of esters is 3. The Morgan fingerprint density at radius 3 is 2.14 bits per heavy atom. The average Bonchev–Trinajstić information content (AvgIpc) is 2.63. The Labute approximate surface area is 162 Å². The van der Waals surface area contributed by atoms with Gasteiger partial charge in [-0.15, -0.1) is 0 Å². The Kier molecular flexibility index (Phi) is 7.51. The lowest BCUT2D eigenvalue weighted by atomic mass is 9.97. The number of hydrogen-bond donors (Lipinski definition) is 1. The van der Waals surface area contributed by atoms with Crippen LogP contribution in [0.1, 0.15) is 31.1 Å². The molecule has 0 radical (unpaired) electrons. The highest BCUT2D eigenvalue weighted by atomic mass is 16.6. The Hall–Kier alpha value is -2.94. The molecule has 0 saturated carbocycles. The van der Waals surface area contributed by atoms with E-state index in [9.17, 15) is 19.2 Å². The van der Waals surface area contributed by atoms with Crippen LogP contribution in [-0.4, -0.2) is 61.4 Å². The lowest BCUT2D eigenvalue weighted by molar-refractivity contribution is -0.206. The van der Waals surface area contributed by atoms with E-state index in [0.29, 0.717) is 5.56 Å². The fourth-order valence-electron chi connectivity index (χ4n) is 2.84. The fourth-order valence-corrected chi connectivity index (χ4v) is 2.84. The van der Waals surface area contributed by atoms with Crippen LogP contribution in [0.5, 0.6) is 0 Å². The Bertz CT molecular complexity index is 720. The normalized spacial score (nSPS) is 24.0. The third kappa shape index (κ3) is 6.05. The summed E-state index contributed by atoms with van der Waals surface area (Å²) < 4.78 is 21.2. The van der Waals surface area contributed by atoms with E-state index in [0.717, 1.165) is 0 Å². The number of ether oxygens (including phenoxy) is 4. The van der Waals surface area contributed by atoms with Gasteiger partial charge in [-0.1, -0.05) is 18.2 Å². The summed E-state index contributed by atoms with van der Waals surface area (Å²) in [5.41, 5.74) is 0.412. The Balaban J connectivity index is 2.22. The van der Waals surface area contributed by atoms with Crippen molar-refractivity contribution in [1.29, 1.82) is 0 Å². The van der Waals surface area contributed by atoms with Gasteiger partial charge in [0, 0.05) is 26.3 Å². The van der Waals surface area contributed by atoms with E-state index in [1.807, 2.05) is 0 Å². The van der Waals surface area contributed by atoms with Crippen molar-refractivity contribution in [2.45, 2.75) is 45.1 Å². The summed E-state index contributed by atoms with van der Waals surface area (Å²) >= 11 is 0. The van der Waals surface area contributed by atoms with Crippen LogP contribution in [0.3, 0.4) is 0 Å². The summed E-state index contributed by atoms with van der Waals surface area (Å²) in [4.78, 5) is 46.8. The van der Waals surface area contributed by atoms with E-state index in [2.05, 4.69) is 5.32 Å². The summed E-state index contributed by atoms with van der Waals surface area (Å²) in [6.45, 7) is 3.41. The van der Waals surface area contributed by atoms with Gasteiger partial charge in [0.25, 0.3) is 5.91 Å². The fraction of sp³-hybridized carbons (Fsp3) is 0.474. The predicted molar refractivity (Wildman–Crippen MR) is 95.2 cm³/mol. The third-order valence-corrected chi connectivity index (χ3v) is 3.98. The number of benzene rings is 1. The molecule has 28 heavy (non-hydrogen) atoms. The zero-order valence-corrected chi connectivity index (χ0v) is 15.9. The molecule has 0 aromatic heterocycles. The van der Waals surface area contributed by atoms with Gasteiger partial charge in [0.1, 0.15) is 12.7 Å². The standard InChI is InChI=1S/C19H23NO8/c1-11(21)25-10-16-18(28-13(3)23)17(27-12(2)22)15(9-26-16)20-19(24)14-7-5-4-6-8-14/h4-8,15-18H,9-10H2,1-3H3,(H,20,24)/t15?,16?,17?,18-/m0/s1. The van der Waals surface area contributed by atoms with Crippen LogP contribution in [0.4, 0.5) is 0 Å². The van der Waals surface area contributed by atoms with Crippen molar-refractivity contribution in [2.24, 2.45) is 0 Å². The molecule has 3 unspecified atom stereocenters. The van der Waals surface area contributed by atoms with Crippen molar-refractivity contribution < 1.29 is 38.1 Å². The molecular weight excluding hydrogens is 370 g/mol. The quantitative estimate of drug-likeness (QED) is 0.552. The maximum Gasteiger partial charge on any atom is 0.303 e. The van der Waals surface area contributed by atoms with E-state index in [1.54, 1.807) is 30.3 Å². The Morgan fingerprint density at radius 2 is 1.57 bits per heavy atom. The van der Waals surface area contributed by atoms with Gasteiger partial charge >= 0.3 is 17.9 Å². The summed E-state index contributed by atoms with van der Waals surface area (Å²) in [5.74, 6) is -2.18. The molecule has 1 aliphatic heterocycles. The van der Waals surface area contributed by atoms with E-state index in [1.165, 1.54) is 20.8 Å². The maximum absolute atomic E-state index is 12.5. The second-order valence-corrected chi connectivity index (χ2v) is 6.27. The number of hydrogen-bond acceptors (Lipinski definition) is 8. The minimum Gasteiger partial charge on any atom is -0.463 e. The predicted octanol–water partition coefficient (Wildman–Crippen LogP) is 0.610. The molecule has 1 saturated heterocycles. The first-order chi connectivity index (χ1) is 13.3. The minimum absolute atomic E-state index is 0.0276. The minimum atomic E-state index is -1.06. The lowest BCUT2D eigenvalue weighted by Gasteiger charge is -2.41. The maximum atomic E-state index is 12.5. The number of amides is 1. The first-order valence-electron chi connectivity index (χ1n) is 8.73. The van der Waals surface area contributed by atoms with Gasteiger partial charge in [-0.2, -0.15) is 0 Å². The molecule has 1 amide bonds. The van der Waals surface area contributed by atoms with E-state index < -0.39 is 48.2 Å². The molecule has 9 heteroatoms. The van der Waals surface area contributed by atoms with Crippen molar-refractivity contribution in [3.05, 3.63) is 35.9 Å². The lowest BCUT2D eigenvalue weighted by Crippen LogP contribution is -2.62. The molecule has 1 aliphatic rings. The summed E-state index contributed by atoms with van der Waals surface area (Å²) in [7, 11) is 0. The number of rotatable bonds is 6. The molecule has 1 heterocycles. The summed E-state index contributed by atoms with van der Waals surface area (Å²) in [6.07, 6.45) is -2.92. The molecule has 2 rings (SSSR count). The molecule has 0 spiro atoms. The number of carbonyl (C=O) groups excluding carboxylic acids is 4. The van der Waals surface area contributed by atoms with Crippen molar-refractivity contribution in [3.8, 4) is 0 Å². The average molecular weight is 393 g/mol. The molecule has 0 bridgehead atoms. The summed E-state index contributed by atoms with van der Waals surface area (Å²) in [6, 6.07) is 7.70. The van der Waals surface area contributed by atoms with E-state index in [4.69, 9.17) is 18.9 Å². The SMILES string of the molecule is CC(=O)OCC1OCC(NC(=O)c2ccccc2)C(OC(C)=O)[C@H]1OC(C)=O. The number of nitrogens with one attached hydrogen (secondary N) is 1. The van der Waals surface area contributed by atoms with Gasteiger partial charge in [0.15, 0.2) is 12.2 Å². The summed E-state index contributed by atoms with van der Waals surface area (Å²) in [5, 5.41) is 2.74. The zero-order chi connectivity index (χ0) is 20.7. The largest absolute Gasteiger partial charge is 0.463 e. The zero-order valence-electron chi connectivity index (χ0n) is 15.9. The van der Waals surface area contributed by atoms with Gasteiger partial charge in [-0.05, 0) is 12.1 Å². The molecule has 1 fully saturated rings. The highest BCUT2D eigenvalue weighted by Crippen LogP contribution is 2.23. The molecule has 1 aromatic carbocycles. The molecular formula is C19H23NO8. The highest BCUT2D eigenvalue weighted by Gasteiger charge is 2.46. The van der Waals surface area contributed by atoms with E-state index in [-0.39, 0.29) is 13.2 Å². The van der Waals surface area contributed by atoms with Gasteiger partial charge in [0.2, 0.25) is 0 Å². The van der Waals surface area contributed by atoms with E-state index >= 15 is 0 Å². The van der Waals surface area contributed by atoms with Gasteiger partial charge in [-0.25, -0.2) is 0 Å². The molecule has 152 valence electrons. The first kappa shape index (κ1) is 21.4. The van der Waals surface area contributed by atoms with Crippen molar-refractivity contribution in [1.82, 2.24) is 5.32 Å². The Morgan fingerprint density at radius 1 is 0.964 bits per heavy atom. The van der Waals surface area contributed by atoms with Crippen LogP contribution < -0.4 is 5.32 Å². The smallest absolute Gasteiger partial charge is 0.303 e.